The molecule has 1 aliphatic heterocycles. The lowest BCUT2D eigenvalue weighted by atomic mass is 9.84. The van der Waals surface area contributed by atoms with Crippen molar-refractivity contribution in [1.82, 2.24) is 0 Å². The van der Waals surface area contributed by atoms with Gasteiger partial charge in [0.15, 0.2) is 0 Å². The van der Waals surface area contributed by atoms with Gasteiger partial charge in [-0.2, -0.15) is 0 Å². The molecular weight excluding hydrogens is 622 g/mol. The first-order valence-electron chi connectivity index (χ1n) is 17.5. The van der Waals surface area contributed by atoms with Gasteiger partial charge >= 0.3 is 11.9 Å². The number of amides is 1. The van der Waals surface area contributed by atoms with E-state index in [0.29, 0.717) is 25.9 Å². The molecule has 0 saturated heterocycles. The third-order valence-electron chi connectivity index (χ3n) is 9.21. The standard InChI is InChI=1S/C40H49NO8/c1-40(2,3)33-20-18-27(17-19-29(48-39(45)26-46-25-38(43)44)21-22-47-28-11-5-4-6-12-28)23-34(33)41-37(42)24-32-30-13-7-9-15-35(30)49-36-16-10-8-14-31(32)36/h7-10,13-16,18,20,23,28-29,32H,4-6,11-12,17,19,21-22,24-26H2,1-3H3,(H,41,42)(H,43,44). The molecule has 2 N–H and O–H groups in total. The molecule has 1 aliphatic carbocycles. The van der Waals surface area contributed by atoms with Crippen LogP contribution in [0.2, 0.25) is 0 Å². The number of fused-ring (bicyclic) bond motifs is 2. The molecule has 0 radical (unpaired) electrons. The van der Waals surface area contributed by atoms with Crippen molar-refractivity contribution < 1.29 is 38.4 Å². The van der Waals surface area contributed by atoms with Crippen LogP contribution in [0.3, 0.4) is 0 Å². The molecule has 0 aromatic heterocycles. The lowest BCUT2D eigenvalue weighted by Gasteiger charge is -2.28. The van der Waals surface area contributed by atoms with Crippen molar-refractivity contribution in [2.45, 2.75) is 102 Å². The van der Waals surface area contributed by atoms with Gasteiger partial charge in [0.05, 0.1) is 12.7 Å². The minimum Gasteiger partial charge on any atom is -0.480 e. The van der Waals surface area contributed by atoms with Gasteiger partial charge in [0.25, 0.3) is 0 Å². The largest absolute Gasteiger partial charge is 0.480 e. The number of carbonyl (C=O) groups is 3. The minimum atomic E-state index is -1.14. The second-order valence-corrected chi connectivity index (χ2v) is 14.1. The fourth-order valence-corrected chi connectivity index (χ4v) is 6.75. The molecule has 262 valence electrons. The van der Waals surface area contributed by atoms with E-state index < -0.39 is 31.3 Å². The van der Waals surface area contributed by atoms with Crippen molar-refractivity contribution in [2.24, 2.45) is 0 Å². The summed E-state index contributed by atoms with van der Waals surface area (Å²) in [4.78, 5) is 37.1. The molecule has 3 aromatic rings. The first-order chi connectivity index (χ1) is 23.6. The van der Waals surface area contributed by atoms with Crippen molar-refractivity contribution in [1.29, 1.82) is 0 Å². The highest BCUT2D eigenvalue weighted by atomic mass is 16.6. The summed E-state index contributed by atoms with van der Waals surface area (Å²) in [7, 11) is 0. The maximum atomic E-state index is 13.8. The molecule has 1 atom stereocenters. The molecule has 1 unspecified atom stereocenters. The fourth-order valence-electron chi connectivity index (χ4n) is 6.75. The van der Waals surface area contributed by atoms with E-state index in [2.05, 4.69) is 38.2 Å². The Hall–Kier alpha value is -4.21. The maximum absolute atomic E-state index is 13.8. The number of benzene rings is 3. The van der Waals surface area contributed by atoms with Crippen molar-refractivity contribution >= 4 is 23.5 Å². The monoisotopic (exact) mass is 671 g/mol. The number of rotatable bonds is 15. The summed E-state index contributed by atoms with van der Waals surface area (Å²) in [5, 5.41) is 12.1. The number of nitrogens with one attached hydrogen (secondary N) is 1. The fraction of sp³-hybridized carbons (Fsp3) is 0.475. The van der Waals surface area contributed by atoms with Gasteiger partial charge < -0.3 is 29.4 Å². The van der Waals surface area contributed by atoms with Crippen molar-refractivity contribution in [3.8, 4) is 11.5 Å². The van der Waals surface area contributed by atoms with Crippen LogP contribution in [-0.4, -0.2) is 55.0 Å². The van der Waals surface area contributed by atoms with E-state index in [1.807, 2.05) is 54.6 Å². The molecule has 5 rings (SSSR count). The smallest absolute Gasteiger partial charge is 0.332 e. The van der Waals surface area contributed by atoms with Gasteiger partial charge in [-0.25, -0.2) is 9.59 Å². The highest BCUT2D eigenvalue weighted by Crippen LogP contribution is 2.45. The zero-order valence-electron chi connectivity index (χ0n) is 28.9. The Morgan fingerprint density at radius 2 is 1.57 bits per heavy atom. The number of hydrogen-bond acceptors (Lipinski definition) is 7. The van der Waals surface area contributed by atoms with Crippen LogP contribution in [0.25, 0.3) is 0 Å². The third-order valence-corrected chi connectivity index (χ3v) is 9.21. The second-order valence-electron chi connectivity index (χ2n) is 14.1. The highest BCUT2D eigenvalue weighted by Gasteiger charge is 2.29. The Bertz CT molecular complexity index is 1540. The average molecular weight is 672 g/mol. The third kappa shape index (κ3) is 10.4. The Labute approximate surface area is 289 Å². The first-order valence-corrected chi connectivity index (χ1v) is 17.5. The van der Waals surface area contributed by atoms with E-state index in [4.69, 9.17) is 24.1 Å². The van der Waals surface area contributed by atoms with E-state index >= 15 is 0 Å². The molecule has 0 bridgehead atoms. The van der Waals surface area contributed by atoms with E-state index in [1.54, 1.807) is 0 Å². The molecule has 0 spiro atoms. The SMILES string of the molecule is CC(C)(C)c1ccc(CCC(CCOC2CCCCC2)OC(=O)COCC(=O)O)cc1NC(=O)CC1c2ccccc2Oc2ccccc21. The summed E-state index contributed by atoms with van der Waals surface area (Å²) in [6, 6.07) is 21.9. The van der Waals surface area contributed by atoms with Gasteiger partial charge in [0.2, 0.25) is 5.91 Å². The molecule has 3 aromatic carbocycles. The molecule has 1 fully saturated rings. The van der Waals surface area contributed by atoms with Gasteiger partial charge in [-0.3, -0.25) is 4.79 Å². The predicted molar refractivity (Wildman–Crippen MR) is 187 cm³/mol. The number of carboxylic acids is 1. The van der Waals surface area contributed by atoms with Gasteiger partial charge in [0.1, 0.15) is 30.8 Å². The summed E-state index contributed by atoms with van der Waals surface area (Å²) in [6.45, 7) is 5.85. The number of carbonyl (C=O) groups excluding carboxylic acids is 2. The minimum absolute atomic E-state index is 0.0906. The summed E-state index contributed by atoms with van der Waals surface area (Å²) < 4.78 is 23.0. The summed E-state index contributed by atoms with van der Waals surface area (Å²) >= 11 is 0. The Morgan fingerprint density at radius 1 is 0.898 bits per heavy atom. The number of ether oxygens (including phenoxy) is 4. The highest BCUT2D eigenvalue weighted by molar-refractivity contribution is 5.93. The van der Waals surface area contributed by atoms with Crippen LogP contribution >= 0.6 is 0 Å². The van der Waals surface area contributed by atoms with E-state index in [9.17, 15) is 14.4 Å². The molecule has 1 saturated carbocycles. The summed E-state index contributed by atoms with van der Waals surface area (Å²) in [6.07, 6.45) is 7.42. The van der Waals surface area contributed by atoms with Gasteiger partial charge in [-0.1, -0.05) is 88.6 Å². The molecule has 1 heterocycles. The zero-order valence-corrected chi connectivity index (χ0v) is 28.9. The van der Waals surface area contributed by atoms with Crippen LogP contribution in [-0.2, 0) is 40.4 Å². The van der Waals surface area contributed by atoms with Crippen molar-refractivity contribution in [3.63, 3.8) is 0 Å². The Morgan fingerprint density at radius 3 is 2.22 bits per heavy atom. The predicted octanol–water partition coefficient (Wildman–Crippen LogP) is 7.94. The molecular formula is C40H49NO8. The van der Waals surface area contributed by atoms with Crippen LogP contribution in [0, 0.1) is 0 Å². The number of carboxylic acid groups (broad SMARTS) is 1. The number of para-hydroxylation sites is 2. The van der Waals surface area contributed by atoms with Gasteiger partial charge in [0, 0.05) is 35.6 Å². The molecule has 1 amide bonds. The first kappa shape index (κ1) is 36.1. The molecule has 49 heavy (non-hydrogen) atoms. The number of esters is 1. The lowest BCUT2D eigenvalue weighted by molar-refractivity contribution is -0.158. The number of aryl methyl sites for hydroxylation is 1. The summed E-state index contributed by atoms with van der Waals surface area (Å²) in [5.74, 6) is -0.445. The van der Waals surface area contributed by atoms with E-state index in [-0.39, 0.29) is 29.8 Å². The number of aliphatic carboxylic acids is 1. The van der Waals surface area contributed by atoms with Crippen LogP contribution in [0.1, 0.15) is 100 Å². The lowest BCUT2D eigenvalue weighted by Crippen LogP contribution is -2.26. The number of anilines is 1. The van der Waals surface area contributed by atoms with Crippen LogP contribution < -0.4 is 10.1 Å². The summed E-state index contributed by atoms with van der Waals surface area (Å²) in [5.41, 5.74) is 4.55. The Kier molecular flexibility index (Phi) is 12.5. The quantitative estimate of drug-likeness (QED) is 0.156. The maximum Gasteiger partial charge on any atom is 0.332 e. The molecule has 2 aliphatic rings. The van der Waals surface area contributed by atoms with E-state index in [0.717, 1.165) is 52.3 Å². The molecule has 9 nitrogen and oxygen atoms in total. The van der Waals surface area contributed by atoms with Crippen molar-refractivity contribution in [2.75, 3.05) is 25.1 Å². The molecule has 9 heteroatoms. The van der Waals surface area contributed by atoms with Crippen LogP contribution in [0.4, 0.5) is 5.69 Å². The zero-order chi connectivity index (χ0) is 34.8. The van der Waals surface area contributed by atoms with E-state index in [1.165, 1.54) is 19.3 Å². The van der Waals surface area contributed by atoms with Gasteiger partial charge in [-0.05, 0) is 60.4 Å². The van der Waals surface area contributed by atoms with Gasteiger partial charge in [-0.15, -0.1) is 0 Å². The second kappa shape index (κ2) is 16.9. The van der Waals surface area contributed by atoms with Crippen molar-refractivity contribution in [3.05, 3.63) is 89.0 Å². The van der Waals surface area contributed by atoms with Crippen LogP contribution in [0.5, 0.6) is 11.5 Å². The normalized spacial score (nSPS) is 15.4. The Balaban J connectivity index is 1.27. The van der Waals surface area contributed by atoms with Crippen LogP contribution in [0.15, 0.2) is 66.7 Å². The average Bonchev–Trinajstić information content (AvgIpc) is 3.07. The topological polar surface area (TPSA) is 120 Å². The number of hydrogen-bond donors (Lipinski definition) is 2.